The highest BCUT2D eigenvalue weighted by Crippen LogP contribution is 2.08. The van der Waals surface area contributed by atoms with Crippen molar-refractivity contribution in [1.29, 1.82) is 0 Å². The van der Waals surface area contributed by atoms with E-state index in [1.807, 2.05) is 37.5 Å². The monoisotopic (exact) mass is 299 g/mol. The Morgan fingerprint density at radius 2 is 1.43 bits per heavy atom. The van der Waals surface area contributed by atoms with Crippen LogP contribution in [0, 0.1) is 0 Å². The van der Waals surface area contributed by atoms with Crippen LogP contribution in [0.3, 0.4) is 0 Å². The molecule has 6 heteroatoms. The van der Waals surface area contributed by atoms with Crippen LogP contribution in [-0.4, -0.2) is 83.0 Å². The van der Waals surface area contributed by atoms with Crippen LogP contribution < -0.4 is 0 Å². The highest BCUT2D eigenvalue weighted by atomic mass is 16.4. The zero-order valence-electron chi connectivity index (χ0n) is 13.7. The molecule has 0 aromatic heterocycles. The van der Waals surface area contributed by atoms with Gasteiger partial charge in [0.25, 0.3) is 0 Å². The van der Waals surface area contributed by atoms with Crippen molar-refractivity contribution >= 4 is 11.9 Å². The van der Waals surface area contributed by atoms with Crippen LogP contribution in [0.15, 0.2) is 0 Å². The Bertz CT molecular complexity index is 350. The van der Waals surface area contributed by atoms with Crippen LogP contribution in [0.5, 0.6) is 0 Å². The minimum atomic E-state index is -0.787. The smallest absolute Gasteiger partial charge is 0.317 e. The summed E-state index contributed by atoms with van der Waals surface area (Å²) in [6.07, 6.45) is 0.907. The van der Waals surface area contributed by atoms with E-state index in [0.29, 0.717) is 13.1 Å². The number of aliphatic carboxylic acids is 1. The van der Waals surface area contributed by atoms with Gasteiger partial charge < -0.3 is 10.0 Å². The molecule has 1 rings (SSSR count). The highest BCUT2D eigenvalue weighted by molar-refractivity contribution is 5.78. The maximum atomic E-state index is 12.4. The lowest BCUT2D eigenvalue weighted by atomic mass is 10.2. The van der Waals surface area contributed by atoms with Gasteiger partial charge in [0.2, 0.25) is 5.91 Å². The van der Waals surface area contributed by atoms with Gasteiger partial charge in [0.15, 0.2) is 0 Å². The molecule has 0 atom stereocenters. The molecule has 0 bridgehead atoms. The summed E-state index contributed by atoms with van der Waals surface area (Å²) in [6.45, 7) is 11.8. The zero-order chi connectivity index (χ0) is 16.0. The highest BCUT2D eigenvalue weighted by Gasteiger charge is 2.24. The van der Waals surface area contributed by atoms with Crippen molar-refractivity contribution in [3.63, 3.8) is 0 Å². The molecule has 1 heterocycles. The van der Waals surface area contributed by atoms with E-state index in [4.69, 9.17) is 5.11 Å². The summed E-state index contributed by atoms with van der Waals surface area (Å²) in [5.74, 6) is -0.628. The van der Waals surface area contributed by atoms with Gasteiger partial charge in [0, 0.05) is 31.7 Å². The third-order valence-electron chi connectivity index (χ3n) is 3.80. The fraction of sp³-hybridized carbons (Fsp3) is 0.867. The molecule has 0 unspecified atom stereocenters. The first-order chi connectivity index (χ1) is 9.81. The second-order valence-electron chi connectivity index (χ2n) is 6.29. The van der Waals surface area contributed by atoms with E-state index in [1.165, 1.54) is 0 Å². The number of hydrogen-bond donors (Lipinski definition) is 1. The third kappa shape index (κ3) is 6.01. The number of nitrogens with zero attached hydrogens (tertiary/aromatic N) is 3. The number of hydrogen-bond acceptors (Lipinski definition) is 4. The molecule has 0 aliphatic carbocycles. The molecule has 0 saturated carbocycles. The Labute approximate surface area is 127 Å². The van der Waals surface area contributed by atoms with Crippen molar-refractivity contribution in [3.05, 3.63) is 0 Å². The Hall–Kier alpha value is -1.14. The number of carbonyl (C=O) groups excluding carboxylic acids is 1. The molecule has 1 aliphatic heterocycles. The van der Waals surface area contributed by atoms with Gasteiger partial charge in [0.1, 0.15) is 0 Å². The summed E-state index contributed by atoms with van der Waals surface area (Å²) in [6, 6.07) is 0.404. The summed E-state index contributed by atoms with van der Waals surface area (Å²) >= 11 is 0. The predicted molar refractivity (Wildman–Crippen MR) is 82.3 cm³/mol. The van der Waals surface area contributed by atoms with Crippen LogP contribution in [0.2, 0.25) is 0 Å². The van der Waals surface area contributed by atoms with Crippen molar-refractivity contribution in [2.75, 3.05) is 39.3 Å². The Morgan fingerprint density at radius 3 is 1.86 bits per heavy atom. The molecule has 1 amide bonds. The van der Waals surface area contributed by atoms with Gasteiger partial charge in [-0.2, -0.15) is 0 Å². The van der Waals surface area contributed by atoms with Gasteiger partial charge in [-0.05, 0) is 40.7 Å². The summed E-state index contributed by atoms with van der Waals surface area (Å²) in [4.78, 5) is 29.2. The van der Waals surface area contributed by atoms with Gasteiger partial charge in [-0.15, -0.1) is 0 Å². The molecule has 0 aromatic rings. The lowest BCUT2D eigenvalue weighted by molar-refractivity contribution is -0.138. The average Bonchev–Trinajstić information content (AvgIpc) is 2.53. The Kier molecular flexibility index (Phi) is 7.11. The standard InChI is InChI=1S/C15H29N3O3/c1-12(2)18(13(3)4)14(19)10-16-6-5-7-17(9-8-16)11-15(20)21/h12-13H,5-11H2,1-4H3,(H,20,21). The topological polar surface area (TPSA) is 64.1 Å². The minimum absolute atomic E-state index is 0.0892. The molecule has 1 aliphatic rings. The van der Waals surface area contributed by atoms with Crippen molar-refractivity contribution in [3.8, 4) is 0 Å². The fourth-order valence-electron chi connectivity index (χ4n) is 2.98. The summed E-state index contributed by atoms with van der Waals surface area (Å²) < 4.78 is 0. The normalized spacial score (nSPS) is 18.0. The number of rotatable bonds is 6. The average molecular weight is 299 g/mol. The van der Waals surface area contributed by atoms with Gasteiger partial charge in [0.05, 0.1) is 13.1 Å². The fourth-order valence-corrected chi connectivity index (χ4v) is 2.98. The first-order valence-corrected chi connectivity index (χ1v) is 7.79. The summed E-state index contributed by atoms with van der Waals surface area (Å²) in [7, 11) is 0. The van der Waals surface area contributed by atoms with Crippen molar-refractivity contribution in [1.82, 2.24) is 14.7 Å². The molecule has 6 nitrogen and oxygen atoms in total. The van der Waals surface area contributed by atoms with E-state index in [1.54, 1.807) is 0 Å². The molecule has 122 valence electrons. The molecule has 0 radical (unpaired) electrons. The van der Waals surface area contributed by atoms with E-state index >= 15 is 0 Å². The Morgan fingerprint density at radius 1 is 0.952 bits per heavy atom. The summed E-state index contributed by atoms with van der Waals surface area (Å²) in [5, 5.41) is 8.85. The second kappa shape index (κ2) is 8.34. The van der Waals surface area contributed by atoms with Gasteiger partial charge >= 0.3 is 5.97 Å². The van der Waals surface area contributed by atoms with Gasteiger partial charge in [-0.3, -0.25) is 19.4 Å². The Balaban J connectivity index is 2.51. The largest absolute Gasteiger partial charge is 0.480 e. The third-order valence-corrected chi connectivity index (χ3v) is 3.80. The summed E-state index contributed by atoms with van der Waals surface area (Å²) in [5.41, 5.74) is 0. The first-order valence-electron chi connectivity index (χ1n) is 7.79. The van der Waals surface area contributed by atoms with E-state index in [2.05, 4.69) is 4.90 Å². The predicted octanol–water partition coefficient (Wildman–Crippen LogP) is 0.724. The van der Waals surface area contributed by atoms with Crippen LogP contribution in [0.4, 0.5) is 0 Å². The van der Waals surface area contributed by atoms with Crippen molar-refractivity contribution in [2.45, 2.75) is 46.2 Å². The number of carbonyl (C=O) groups is 2. The number of carboxylic acids is 1. The maximum Gasteiger partial charge on any atom is 0.317 e. The van der Waals surface area contributed by atoms with Crippen LogP contribution >= 0.6 is 0 Å². The van der Waals surface area contributed by atoms with Crippen molar-refractivity contribution < 1.29 is 14.7 Å². The molecule has 1 fully saturated rings. The SMILES string of the molecule is CC(C)N(C(=O)CN1CCCN(CC(=O)O)CC1)C(C)C. The molecule has 21 heavy (non-hydrogen) atoms. The van der Waals surface area contributed by atoms with E-state index in [0.717, 1.165) is 26.1 Å². The van der Waals surface area contributed by atoms with Crippen LogP contribution in [0.25, 0.3) is 0 Å². The van der Waals surface area contributed by atoms with Crippen LogP contribution in [-0.2, 0) is 9.59 Å². The lowest BCUT2D eigenvalue weighted by Gasteiger charge is -2.33. The lowest BCUT2D eigenvalue weighted by Crippen LogP contribution is -2.47. The van der Waals surface area contributed by atoms with E-state index in [9.17, 15) is 9.59 Å². The molecule has 0 spiro atoms. The van der Waals surface area contributed by atoms with Crippen molar-refractivity contribution in [2.24, 2.45) is 0 Å². The maximum absolute atomic E-state index is 12.4. The molecule has 1 N–H and O–H groups in total. The molecule has 1 saturated heterocycles. The molecular weight excluding hydrogens is 270 g/mol. The zero-order valence-corrected chi connectivity index (χ0v) is 13.7. The van der Waals surface area contributed by atoms with E-state index in [-0.39, 0.29) is 24.5 Å². The quantitative estimate of drug-likeness (QED) is 0.783. The molecule has 0 aromatic carbocycles. The number of carboxylic acid groups (broad SMARTS) is 1. The second-order valence-corrected chi connectivity index (χ2v) is 6.29. The van der Waals surface area contributed by atoms with Gasteiger partial charge in [-0.1, -0.05) is 0 Å². The van der Waals surface area contributed by atoms with Gasteiger partial charge in [-0.25, -0.2) is 0 Å². The molecular formula is C15H29N3O3. The minimum Gasteiger partial charge on any atom is -0.480 e. The van der Waals surface area contributed by atoms with Crippen LogP contribution in [0.1, 0.15) is 34.1 Å². The van der Waals surface area contributed by atoms with E-state index < -0.39 is 5.97 Å². The first kappa shape index (κ1) is 17.9. The number of amides is 1.